The van der Waals surface area contributed by atoms with Gasteiger partial charge in [-0.3, -0.25) is 0 Å². The Morgan fingerprint density at radius 3 is 3.20 bits per heavy atom. The third-order valence-corrected chi connectivity index (χ3v) is 2.95. The summed E-state index contributed by atoms with van der Waals surface area (Å²) < 4.78 is 5.64. The number of ether oxygens (including phenoxy) is 1. The molecule has 2 atom stereocenters. The van der Waals surface area contributed by atoms with E-state index >= 15 is 0 Å². The van der Waals surface area contributed by atoms with Crippen LogP contribution in [0.5, 0.6) is 0 Å². The smallest absolute Gasteiger partial charge is 0.198 e. The number of hydrogen-bond donors (Lipinski definition) is 0. The van der Waals surface area contributed by atoms with Gasteiger partial charge in [0.15, 0.2) is 5.90 Å². The molecule has 0 saturated carbocycles. The van der Waals surface area contributed by atoms with Gasteiger partial charge in [0.1, 0.15) is 18.6 Å². The summed E-state index contributed by atoms with van der Waals surface area (Å²) in [5.41, 5.74) is 2.59. The van der Waals surface area contributed by atoms with Crippen molar-refractivity contribution in [3.05, 3.63) is 35.4 Å². The summed E-state index contributed by atoms with van der Waals surface area (Å²) in [6.07, 6.45) is 1.33. The summed E-state index contributed by atoms with van der Waals surface area (Å²) in [6, 6.07) is 10.5. The fourth-order valence-corrected chi connectivity index (χ4v) is 2.31. The van der Waals surface area contributed by atoms with E-state index in [9.17, 15) is 0 Å². The van der Waals surface area contributed by atoms with Crippen molar-refractivity contribution in [2.75, 3.05) is 0 Å². The van der Waals surface area contributed by atoms with Gasteiger partial charge < -0.3 is 4.74 Å². The van der Waals surface area contributed by atoms with Crippen LogP contribution in [-0.4, -0.2) is 12.0 Å². The summed E-state index contributed by atoms with van der Waals surface area (Å²) in [5.74, 6) is 0.599. The maximum atomic E-state index is 8.57. The highest BCUT2D eigenvalue weighted by atomic mass is 16.5. The lowest BCUT2D eigenvalue weighted by atomic mass is 10.1. The van der Waals surface area contributed by atoms with E-state index in [0.29, 0.717) is 5.90 Å². The average molecular weight is 198 g/mol. The standard InChI is InChI=1S/C12H10N2O/c13-6-5-11-14-12-9-4-2-1-3-8(9)7-10(12)15-11/h1-4,10,12H,5,7H2/t10-,12+/m1/s1. The van der Waals surface area contributed by atoms with E-state index in [4.69, 9.17) is 10.00 Å². The summed E-state index contributed by atoms with van der Waals surface area (Å²) >= 11 is 0. The third-order valence-electron chi connectivity index (χ3n) is 2.95. The van der Waals surface area contributed by atoms with Crippen molar-refractivity contribution < 1.29 is 4.74 Å². The first kappa shape index (κ1) is 8.49. The van der Waals surface area contributed by atoms with Crippen LogP contribution in [0.2, 0.25) is 0 Å². The second-order valence-corrected chi connectivity index (χ2v) is 3.86. The van der Waals surface area contributed by atoms with E-state index in [2.05, 4.69) is 23.2 Å². The van der Waals surface area contributed by atoms with Crippen LogP contribution in [0.15, 0.2) is 29.3 Å². The van der Waals surface area contributed by atoms with Gasteiger partial charge in [-0.15, -0.1) is 0 Å². The van der Waals surface area contributed by atoms with Gasteiger partial charge >= 0.3 is 0 Å². The maximum absolute atomic E-state index is 8.57. The molecule has 0 amide bonds. The van der Waals surface area contributed by atoms with Crippen molar-refractivity contribution in [3.63, 3.8) is 0 Å². The molecule has 0 unspecified atom stereocenters. The fourth-order valence-electron chi connectivity index (χ4n) is 2.31. The average Bonchev–Trinajstić information content (AvgIpc) is 2.75. The third kappa shape index (κ3) is 1.22. The molecule has 3 rings (SSSR count). The fraction of sp³-hybridized carbons (Fsp3) is 0.333. The van der Waals surface area contributed by atoms with E-state index < -0.39 is 0 Å². The SMILES string of the molecule is N#CCC1=N[C@H]2c3ccccc3C[C@H]2O1. The zero-order valence-electron chi connectivity index (χ0n) is 8.18. The van der Waals surface area contributed by atoms with E-state index in [0.717, 1.165) is 6.42 Å². The molecule has 1 aromatic rings. The van der Waals surface area contributed by atoms with E-state index in [1.165, 1.54) is 11.1 Å². The zero-order chi connectivity index (χ0) is 10.3. The second kappa shape index (κ2) is 3.09. The van der Waals surface area contributed by atoms with Gasteiger partial charge in [0, 0.05) is 6.42 Å². The number of nitriles is 1. The molecule has 74 valence electrons. The lowest BCUT2D eigenvalue weighted by Crippen LogP contribution is -2.12. The molecule has 15 heavy (non-hydrogen) atoms. The highest BCUT2D eigenvalue weighted by Gasteiger charge is 2.38. The largest absolute Gasteiger partial charge is 0.474 e. The van der Waals surface area contributed by atoms with Gasteiger partial charge in [-0.05, 0) is 11.1 Å². The van der Waals surface area contributed by atoms with Gasteiger partial charge in [-0.2, -0.15) is 5.26 Å². The van der Waals surface area contributed by atoms with Gasteiger partial charge in [-0.25, -0.2) is 4.99 Å². The molecule has 2 aliphatic rings. The Hall–Kier alpha value is -1.82. The summed E-state index contributed by atoms with van der Waals surface area (Å²) in [7, 11) is 0. The van der Waals surface area contributed by atoms with Crippen LogP contribution in [-0.2, 0) is 11.2 Å². The van der Waals surface area contributed by atoms with Crippen LogP contribution in [0, 0.1) is 11.3 Å². The molecule has 1 aliphatic carbocycles. The van der Waals surface area contributed by atoms with Crippen LogP contribution in [0.3, 0.4) is 0 Å². The van der Waals surface area contributed by atoms with Crippen molar-refractivity contribution in [2.45, 2.75) is 25.0 Å². The number of nitrogens with zero attached hydrogens (tertiary/aromatic N) is 2. The van der Waals surface area contributed by atoms with Crippen LogP contribution >= 0.6 is 0 Å². The molecule has 0 spiro atoms. The number of aliphatic imine (C=N–C) groups is 1. The predicted molar refractivity (Wildman–Crippen MR) is 55.4 cm³/mol. The van der Waals surface area contributed by atoms with Crippen LogP contribution in [0.4, 0.5) is 0 Å². The minimum absolute atomic E-state index is 0.129. The molecule has 0 radical (unpaired) electrons. The molecular formula is C12H10N2O. The Morgan fingerprint density at radius 2 is 2.33 bits per heavy atom. The number of hydrogen-bond acceptors (Lipinski definition) is 3. The molecular weight excluding hydrogens is 188 g/mol. The summed E-state index contributed by atoms with van der Waals surface area (Å²) in [5, 5.41) is 8.57. The minimum Gasteiger partial charge on any atom is -0.474 e. The monoisotopic (exact) mass is 198 g/mol. The molecule has 0 bridgehead atoms. The first-order valence-electron chi connectivity index (χ1n) is 5.06. The maximum Gasteiger partial charge on any atom is 0.198 e. The van der Waals surface area contributed by atoms with Crippen LogP contribution in [0.1, 0.15) is 23.6 Å². The molecule has 0 saturated heterocycles. The first-order valence-corrected chi connectivity index (χ1v) is 5.06. The summed E-state index contributed by atoms with van der Waals surface area (Å²) in [6.45, 7) is 0. The molecule has 0 N–H and O–H groups in total. The molecule has 1 aromatic carbocycles. The lowest BCUT2D eigenvalue weighted by molar-refractivity contribution is 0.203. The van der Waals surface area contributed by atoms with Gasteiger partial charge in [0.2, 0.25) is 0 Å². The highest BCUT2D eigenvalue weighted by Crippen LogP contribution is 2.39. The van der Waals surface area contributed by atoms with Gasteiger partial charge in [0.05, 0.1) is 6.07 Å². The Labute approximate surface area is 88.0 Å². The highest BCUT2D eigenvalue weighted by molar-refractivity contribution is 5.80. The normalized spacial score (nSPS) is 26.2. The second-order valence-electron chi connectivity index (χ2n) is 3.86. The predicted octanol–water partition coefficient (Wildman–Crippen LogP) is 1.99. The first-order chi connectivity index (χ1) is 7.38. The van der Waals surface area contributed by atoms with Crippen molar-refractivity contribution >= 4 is 5.90 Å². The molecule has 1 heterocycles. The van der Waals surface area contributed by atoms with Crippen LogP contribution in [0.25, 0.3) is 0 Å². The van der Waals surface area contributed by atoms with E-state index in [-0.39, 0.29) is 18.6 Å². The lowest BCUT2D eigenvalue weighted by Gasteiger charge is -2.06. The summed E-state index contributed by atoms with van der Waals surface area (Å²) in [4.78, 5) is 4.45. The van der Waals surface area contributed by atoms with Crippen molar-refractivity contribution in [2.24, 2.45) is 4.99 Å². The number of benzene rings is 1. The molecule has 1 aliphatic heterocycles. The Balaban J connectivity index is 1.95. The van der Waals surface area contributed by atoms with Crippen LogP contribution < -0.4 is 0 Å². The number of fused-ring (bicyclic) bond motifs is 3. The van der Waals surface area contributed by atoms with E-state index in [1.54, 1.807) is 0 Å². The quantitative estimate of drug-likeness (QED) is 0.692. The van der Waals surface area contributed by atoms with Gasteiger partial charge in [0.25, 0.3) is 0 Å². The molecule has 0 aromatic heterocycles. The zero-order valence-corrected chi connectivity index (χ0v) is 8.18. The van der Waals surface area contributed by atoms with Crippen molar-refractivity contribution in [1.82, 2.24) is 0 Å². The Kier molecular flexibility index (Phi) is 1.75. The minimum atomic E-state index is 0.129. The van der Waals surface area contributed by atoms with Crippen molar-refractivity contribution in [1.29, 1.82) is 5.26 Å². The topological polar surface area (TPSA) is 45.4 Å². The Bertz CT molecular complexity index is 473. The molecule has 3 heteroatoms. The molecule has 0 fully saturated rings. The Morgan fingerprint density at radius 1 is 1.47 bits per heavy atom. The molecule has 3 nitrogen and oxygen atoms in total. The van der Waals surface area contributed by atoms with Crippen molar-refractivity contribution in [3.8, 4) is 6.07 Å². The number of rotatable bonds is 1. The van der Waals surface area contributed by atoms with E-state index in [1.807, 2.05) is 12.1 Å². The van der Waals surface area contributed by atoms with Gasteiger partial charge in [-0.1, -0.05) is 24.3 Å².